The van der Waals surface area contributed by atoms with Crippen LogP contribution in [0.25, 0.3) is 11.1 Å². The highest BCUT2D eigenvalue weighted by atomic mass is 16.1. The summed E-state index contributed by atoms with van der Waals surface area (Å²) >= 11 is 0. The Morgan fingerprint density at radius 2 is 1.75 bits per heavy atom. The molecule has 0 fully saturated rings. The fraction of sp³-hybridized carbons (Fsp3) is 0.278. The van der Waals surface area contributed by atoms with Gasteiger partial charge in [-0.1, -0.05) is 61.9 Å². The van der Waals surface area contributed by atoms with Gasteiger partial charge in [-0.25, -0.2) is 0 Å². The third-order valence-corrected chi connectivity index (χ3v) is 3.28. The van der Waals surface area contributed by atoms with Crippen LogP contribution in [0.5, 0.6) is 0 Å². The Bertz CT molecular complexity index is 548. The Kier molecular flexibility index (Phi) is 5.36. The van der Waals surface area contributed by atoms with E-state index in [0.717, 1.165) is 18.4 Å². The summed E-state index contributed by atoms with van der Waals surface area (Å²) in [6.45, 7) is 2.69. The van der Waals surface area contributed by atoms with Gasteiger partial charge < -0.3 is 5.32 Å². The van der Waals surface area contributed by atoms with Crippen LogP contribution in [-0.2, 0) is 11.3 Å². The average Bonchev–Trinajstić information content (AvgIpc) is 2.52. The molecule has 0 heterocycles. The topological polar surface area (TPSA) is 29.1 Å². The maximum atomic E-state index is 11.6. The molecule has 0 radical (unpaired) electrons. The van der Waals surface area contributed by atoms with Crippen LogP contribution in [0, 0.1) is 0 Å². The Morgan fingerprint density at radius 3 is 2.50 bits per heavy atom. The van der Waals surface area contributed by atoms with E-state index in [9.17, 15) is 4.79 Å². The third kappa shape index (κ3) is 4.23. The second kappa shape index (κ2) is 7.49. The van der Waals surface area contributed by atoms with Crippen molar-refractivity contribution < 1.29 is 4.79 Å². The molecule has 2 heteroatoms. The summed E-state index contributed by atoms with van der Waals surface area (Å²) < 4.78 is 0. The first-order valence-electron chi connectivity index (χ1n) is 7.20. The number of hydrogen-bond acceptors (Lipinski definition) is 1. The maximum absolute atomic E-state index is 11.6. The standard InChI is InChI=1S/C18H21NO/c1-2-3-12-18(20)19-14-15-8-7-11-17(13-15)16-9-5-4-6-10-16/h4-11,13H,2-3,12,14H2,1H3,(H,19,20). The largest absolute Gasteiger partial charge is 0.352 e. The number of rotatable bonds is 6. The molecule has 0 bridgehead atoms. The highest BCUT2D eigenvalue weighted by Gasteiger charge is 2.02. The number of amides is 1. The molecule has 2 aromatic rings. The van der Waals surface area contributed by atoms with Gasteiger partial charge in [0, 0.05) is 13.0 Å². The van der Waals surface area contributed by atoms with Crippen LogP contribution in [0.3, 0.4) is 0 Å². The Morgan fingerprint density at radius 1 is 1.00 bits per heavy atom. The first-order chi connectivity index (χ1) is 9.79. The molecule has 0 spiro atoms. The quantitative estimate of drug-likeness (QED) is 0.836. The zero-order chi connectivity index (χ0) is 14.2. The van der Waals surface area contributed by atoms with Crippen LogP contribution in [0.15, 0.2) is 54.6 Å². The van der Waals surface area contributed by atoms with Crippen molar-refractivity contribution in [2.24, 2.45) is 0 Å². The monoisotopic (exact) mass is 267 g/mol. The lowest BCUT2D eigenvalue weighted by Gasteiger charge is -2.07. The predicted molar refractivity (Wildman–Crippen MR) is 83.2 cm³/mol. The van der Waals surface area contributed by atoms with Gasteiger partial charge in [0.05, 0.1) is 0 Å². The maximum Gasteiger partial charge on any atom is 0.220 e. The van der Waals surface area contributed by atoms with Crippen LogP contribution < -0.4 is 5.32 Å². The van der Waals surface area contributed by atoms with Crippen molar-refractivity contribution >= 4 is 5.91 Å². The first-order valence-corrected chi connectivity index (χ1v) is 7.20. The van der Waals surface area contributed by atoms with Crippen LogP contribution in [-0.4, -0.2) is 5.91 Å². The van der Waals surface area contributed by atoms with Crippen LogP contribution >= 0.6 is 0 Å². The van der Waals surface area contributed by atoms with Crippen molar-refractivity contribution in [3.8, 4) is 11.1 Å². The molecule has 1 amide bonds. The van der Waals surface area contributed by atoms with Gasteiger partial charge in [-0.05, 0) is 29.2 Å². The van der Waals surface area contributed by atoms with E-state index in [-0.39, 0.29) is 5.91 Å². The van der Waals surface area contributed by atoms with Crippen molar-refractivity contribution in [2.75, 3.05) is 0 Å². The number of carbonyl (C=O) groups is 1. The summed E-state index contributed by atoms with van der Waals surface area (Å²) in [5, 5.41) is 2.97. The van der Waals surface area contributed by atoms with Crippen LogP contribution in [0.2, 0.25) is 0 Å². The molecule has 0 aliphatic carbocycles. The molecule has 1 N–H and O–H groups in total. The van der Waals surface area contributed by atoms with Gasteiger partial charge in [0.25, 0.3) is 0 Å². The summed E-state index contributed by atoms with van der Waals surface area (Å²) in [6.07, 6.45) is 2.63. The lowest BCUT2D eigenvalue weighted by molar-refractivity contribution is -0.121. The van der Waals surface area contributed by atoms with E-state index in [4.69, 9.17) is 0 Å². The van der Waals surface area contributed by atoms with E-state index in [1.807, 2.05) is 30.3 Å². The Labute approximate surface area is 120 Å². The molecule has 2 aromatic carbocycles. The van der Waals surface area contributed by atoms with Gasteiger partial charge >= 0.3 is 0 Å². The molecule has 0 saturated carbocycles. The second-order valence-corrected chi connectivity index (χ2v) is 4.95. The van der Waals surface area contributed by atoms with E-state index in [1.165, 1.54) is 11.1 Å². The molecule has 104 valence electrons. The molecule has 2 nitrogen and oxygen atoms in total. The van der Waals surface area contributed by atoms with Gasteiger partial charge in [-0.3, -0.25) is 4.79 Å². The summed E-state index contributed by atoms with van der Waals surface area (Å²) in [4.78, 5) is 11.6. The van der Waals surface area contributed by atoms with Gasteiger partial charge in [0.2, 0.25) is 5.91 Å². The summed E-state index contributed by atoms with van der Waals surface area (Å²) in [7, 11) is 0. The zero-order valence-corrected chi connectivity index (χ0v) is 11.9. The lowest BCUT2D eigenvalue weighted by atomic mass is 10.0. The minimum Gasteiger partial charge on any atom is -0.352 e. The molecule has 0 atom stereocenters. The highest BCUT2D eigenvalue weighted by molar-refractivity contribution is 5.75. The number of unbranched alkanes of at least 4 members (excludes halogenated alkanes) is 1. The Hall–Kier alpha value is -2.09. The van der Waals surface area contributed by atoms with Crippen LogP contribution in [0.1, 0.15) is 31.7 Å². The zero-order valence-electron chi connectivity index (χ0n) is 11.9. The van der Waals surface area contributed by atoms with Crippen LogP contribution in [0.4, 0.5) is 0 Å². The Balaban J connectivity index is 1.98. The van der Waals surface area contributed by atoms with Gasteiger partial charge in [0.15, 0.2) is 0 Å². The summed E-state index contributed by atoms with van der Waals surface area (Å²) in [6, 6.07) is 18.6. The average molecular weight is 267 g/mol. The second-order valence-electron chi connectivity index (χ2n) is 4.95. The molecule has 0 saturated heterocycles. The number of nitrogens with one attached hydrogen (secondary N) is 1. The van der Waals surface area contributed by atoms with Crippen molar-refractivity contribution in [3.05, 3.63) is 60.2 Å². The van der Waals surface area contributed by atoms with E-state index in [1.54, 1.807) is 0 Å². The summed E-state index contributed by atoms with van der Waals surface area (Å²) in [5.41, 5.74) is 3.52. The fourth-order valence-electron chi connectivity index (χ4n) is 2.12. The SMILES string of the molecule is CCCCC(=O)NCc1cccc(-c2ccccc2)c1. The first kappa shape index (κ1) is 14.3. The van der Waals surface area contributed by atoms with Gasteiger partial charge in [-0.15, -0.1) is 0 Å². The number of hydrogen-bond donors (Lipinski definition) is 1. The normalized spacial score (nSPS) is 10.2. The molecule has 0 aliphatic heterocycles. The van der Waals surface area contributed by atoms with Crippen molar-refractivity contribution in [2.45, 2.75) is 32.7 Å². The lowest BCUT2D eigenvalue weighted by Crippen LogP contribution is -2.22. The van der Waals surface area contributed by atoms with Gasteiger partial charge in [-0.2, -0.15) is 0 Å². The van der Waals surface area contributed by atoms with Crippen molar-refractivity contribution in [3.63, 3.8) is 0 Å². The molecule has 2 rings (SSSR count). The van der Waals surface area contributed by atoms with E-state index in [2.05, 4.69) is 36.5 Å². The molecular weight excluding hydrogens is 246 g/mol. The number of benzene rings is 2. The molecular formula is C18H21NO. The van der Waals surface area contributed by atoms with E-state index in [0.29, 0.717) is 13.0 Å². The van der Waals surface area contributed by atoms with E-state index < -0.39 is 0 Å². The summed E-state index contributed by atoms with van der Waals surface area (Å²) in [5.74, 6) is 0.136. The number of carbonyl (C=O) groups excluding carboxylic acids is 1. The minimum atomic E-state index is 0.136. The fourth-order valence-corrected chi connectivity index (χ4v) is 2.12. The highest BCUT2D eigenvalue weighted by Crippen LogP contribution is 2.19. The molecule has 0 unspecified atom stereocenters. The smallest absolute Gasteiger partial charge is 0.220 e. The molecule has 0 aromatic heterocycles. The van der Waals surface area contributed by atoms with Crippen molar-refractivity contribution in [1.29, 1.82) is 0 Å². The van der Waals surface area contributed by atoms with Gasteiger partial charge in [0.1, 0.15) is 0 Å². The van der Waals surface area contributed by atoms with Crippen molar-refractivity contribution in [1.82, 2.24) is 5.32 Å². The molecule has 0 aliphatic rings. The molecule has 20 heavy (non-hydrogen) atoms. The third-order valence-electron chi connectivity index (χ3n) is 3.28. The predicted octanol–water partition coefficient (Wildman–Crippen LogP) is 4.16. The van der Waals surface area contributed by atoms with E-state index >= 15 is 0 Å². The minimum absolute atomic E-state index is 0.136.